The first kappa shape index (κ1) is 14.7. The van der Waals surface area contributed by atoms with Crippen LogP contribution in [0.1, 0.15) is 18.1 Å². The summed E-state index contributed by atoms with van der Waals surface area (Å²) in [7, 11) is 0. The van der Waals surface area contributed by atoms with Crippen LogP contribution in [-0.4, -0.2) is 10.9 Å². The van der Waals surface area contributed by atoms with E-state index in [1.807, 2.05) is 30.3 Å². The lowest BCUT2D eigenvalue weighted by Crippen LogP contribution is -1.99. The lowest BCUT2D eigenvalue weighted by atomic mass is 10.1. The molecule has 0 aliphatic heterocycles. The minimum absolute atomic E-state index is 0.318. The third-order valence-electron chi connectivity index (χ3n) is 2.83. The molecule has 0 spiro atoms. The van der Waals surface area contributed by atoms with Gasteiger partial charge >= 0.3 is 0 Å². The highest BCUT2D eigenvalue weighted by Gasteiger charge is 2.06. The Morgan fingerprint density at radius 1 is 1.20 bits per heavy atom. The Labute approximate surface area is 127 Å². The van der Waals surface area contributed by atoms with Gasteiger partial charge in [-0.25, -0.2) is 0 Å². The fraction of sp³-hybridized carbons (Fsp3) is 0.133. The van der Waals surface area contributed by atoms with Crippen molar-refractivity contribution < 1.29 is 9.94 Å². The number of hydrogen-bond acceptors (Lipinski definition) is 3. The average molecular weight is 310 g/mol. The molecule has 3 nitrogen and oxygen atoms in total. The van der Waals surface area contributed by atoms with Crippen LogP contribution in [0.15, 0.2) is 47.6 Å². The second kappa shape index (κ2) is 6.64. The van der Waals surface area contributed by atoms with Gasteiger partial charge in [0.2, 0.25) is 0 Å². The lowest BCUT2D eigenvalue weighted by molar-refractivity contribution is 0.306. The summed E-state index contributed by atoms with van der Waals surface area (Å²) in [5.74, 6) is 0.668. The van der Waals surface area contributed by atoms with Crippen molar-refractivity contribution in [2.75, 3.05) is 0 Å². The van der Waals surface area contributed by atoms with Crippen LogP contribution in [0.5, 0.6) is 5.75 Å². The minimum atomic E-state index is 0.318. The fourth-order valence-electron chi connectivity index (χ4n) is 1.69. The topological polar surface area (TPSA) is 41.8 Å². The van der Waals surface area contributed by atoms with Crippen LogP contribution >= 0.6 is 23.2 Å². The number of benzene rings is 2. The van der Waals surface area contributed by atoms with Gasteiger partial charge in [0.15, 0.2) is 0 Å². The first-order valence-electron chi connectivity index (χ1n) is 5.96. The van der Waals surface area contributed by atoms with Crippen LogP contribution in [0.25, 0.3) is 0 Å². The van der Waals surface area contributed by atoms with Gasteiger partial charge in [-0.2, -0.15) is 0 Å². The molecule has 20 heavy (non-hydrogen) atoms. The highest BCUT2D eigenvalue weighted by atomic mass is 35.5. The van der Waals surface area contributed by atoms with Crippen molar-refractivity contribution in [1.82, 2.24) is 0 Å². The largest absolute Gasteiger partial charge is 0.489 e. The van der Waals surface area contributed by atoms with E-state index < -0.39 is 0 Å². The molecule has 0 amide bonds. The first-order valence-corrected chi connectivity index (χ1v) is 6.72. The smallest absolute Gasteiger partial charge is 0.120 e. The Bertz CT molecular complexity index is 642. The number of hydrogen-bond donors (Lipinski definition) is 1. The average Bonchev–Trinajstić information content (AvgIpc) is 2.48. The normalized spacial score (nSPS) is 11.4. The van der Waals surface area contributed by atoms with Crippen molar-refractivity contribution in [3.63, 3.8) is 0 Å². The molecule has 2 aromatic rings. The number of oxime groups is 1. The fourth-order valence-corrected chi connectivity index (χ4v) is 2.06. The summed E-state index contributed by atoms with van der Waals surface area (Å²) in [5.41, 5.74) is 2.13. The van der Waals surface area contributed by atoms with Gasteiger partial charge in [0.05, 0.1) is 15.8 Å². The standard InChI is InChI=1S/C15H13Cl2NO2/c1-10(18-19)11-4-2-6-13(8-11)20-9-12-5-3-7-14(16)15(12)17/h2-8,19H,9H2,1H3/b18-10-. The van der Waals surface area contributed by atoms with Gasteiger partial charge in [0, 0.05) is 11.1 Å². The number of nitrogens with zero attached hydrogens (tertiary/aromatic N) is 1. The second-order valence-electron chi connectivity index (χ2n) is 4.21. The summed E-state index contributed by atoms with van der Waals surface area (Å²) in [6, 6.07) is 12.7. The van der Waals surface area contributed by atoms with E-state index in [4.69, 9.17) is 33.1 Å². The molecule has 0 aliphatic carbocycles. The summed E-state index contributed by atoms with van der Waals surface area (Å²) in [6.07, 6.45) is 0. The van der Waals surface area contributed by atoms with Gasteiger partial charge < -0.3 is 9.94 Å². The van der Waals surface area contributed by atoms with Crippen LogP contribution in [0.3, 0.4) is 0 Å². The summed E-state index contributed by atoms with van der Waals surface area (Å²) in [4.78, 5) is 0. The summed E-state index contributed by atoms with van der Waals surface area (Å²) in [6.45, 7) is 2.03. The van der Waals surface area contributed by atoms with E-state index in [1.54, 1.807) is 19.1 Å². The molecule has 2 aromatic carbocycles. The van der Waals surface area contributed by atoms with Crippen molar-refractivity contribution in [2.45, 2.75) is 13.5 Å². The van der Waals surface area contributed by atoms with Crippen LogP contribution in [0.2, 0.25) is 10.0 Å². The number of ether oxygens (including phenoxy) is 1. The van der Waals surface area contributed by atoms with Gasteiger partial charge in [-0.1, -0.05) is 52.6 Å². The molecule has 0 saturated carbocycles. The van der Waals surface area contributed by atoms with Crippen molar-refractivity contribution in [2.24, 2.45) is 5.16 Å². The van der Waals surface area contributed by atoms with E-state index in [-0.39, 0.29) is 0 Å². The number of rotatable bonds is 4. The molecule has 0 atom stereocenters. The van der Waals surface area contributed by atoms with Gasteiger partial charge in [-0.3, -0.25) is 0 Å². The zero-order valence-electron chi connectivity index (χ0n) is 10.8. The highest BCUT2D eigenvalue weighted by Crippen LogP contribution is 2.26. The van der Waals surface area contributed by atoms with Crippen molar-refractivity contribution in [1.29, 1.82) is 0 Å². The van der Waals surface area contributed by atoms with E-state index >= 15 is 0 Å². The Kier molecular flexibility index (Phi) is 4.88. The van der Waals surface area contributed by atoms with Gasteiger partial charge in [-0.15, -0.1) is 0 Å². The zero-order valence-corrected chi connectivity index (χ0v) is 12.3. The van der Waals surface area contributed by atoms with Gasteiger partial charge in [0.25, 0.3) is 0 Å². The quantitative estimate of drug-likeness (QED) is 0.502. The molecule has 0 aliphatic rings. The van der Waals surface area contributed by atoms with E-state index in [2.05, 4.69) is 5.16 Å². The molecule has 0 unspecified atom stereocenters. The maximum Gasteiger partial charge on any atom is 0.120 e. The molecular formula is C15H13Cl2NO2. The van der Waals surface area contributed by atoms with Crippen molar-refractivity contribution >= 4 is 28.9 Å². The molecule has 0 radical (unpaired) electrons. The van der Waals surface area contributed by atoms with Crippen LogP contribution in [0.4, 0.5) is 0 Å². The molecule has 0 bridgehead atoms. The molecule has 0 fully saturated rings. The second-order valence-corrected chi connectivity index (χ2v) is 5.00. The Balaban J connectivity index is 2.13. The molecular weight excluding hydrogens is 297 g/mol. The summed E-state index contributed by atoms with van der Waals surface area (Å²) < 4.78 is 5.68. The summed E-state index contributed by atoms with van der Waals surface area (Å²) >= 11 is 12.0. The first-order chi connectivity index (χ1) is 9.61. The Hall–Kier alpha value is -1.71. The van der Waals surface area contributed by atoms with Gasteiger partial charge in [0.1, 0.15) is 12.4 Å². The molecule has 0 aromatic heterocycles. The predicted molar refractivity (Wildman–Crippen MR) is 81.2 cm³/mol. The highest BCUT2D eigenvalue weighted by molar-refractivity contribution is 6.42. The molecule has 2 rings (SSSR count). The van der Waals surface area contributed by atoms with E-state index in [9.17, 15) is 0 Å². The van der Waals surface area contributed by atoms with Crippen LogP contribution in [0, 0.1) is 0 Å². The van der Waals surface area contributed by atoms with Crippen LogP contribution < -0.4 is 4.74 Å². The summed E-state index contributed by atoms with van der Waals surface area (Å²) in [5, 5.41) is 12.9. The van der Waals surface area contributed by atoms with Crippen molar-refractivity contribution in [3.05, 3.63) is 63.6 Å². The zero-order chi connectivity index (χ0) is 14.5. The molecule has 5 heteroatoms. The molecule has 0 saturated heterocycles. The SMILES string of the molecule is C/C(=N/O)c1cccc(OCc2cccc(Cl)c2Cl)c1. The van der Waals surface area contributed by atoms with Crippen molar-refractivity contribution in [3.8, 4) is 5.75 Å². The van der Waals surface area contributed by atoms with Crippen LogP contribution in [-0.2, 0) is 6.61 Å². The third kappa shape index (κ3) is 3.44. The Morgan fingerprint density at radius 2 is 1.95 bits per heavy atom. The van der Waals surface area contributed by atoms with E-state index in [0.717, 1.165) is 11.1 Å². The Morgan fingerprint density at radius 3 is 2.70 bits per heavy atom. The predicted octanol–water partition coefficient (Wildman–Crippen LogP) is 4.77. The minimum Gasteiger partial charge on any atom is -0.489 e. The maximum absolute atomic E-state index is 8.77. The van der Waals surface area contributed by atoms with E-state index in [1.165, 1.54) is 0 Å². The maximum atomic E-state index is 8.77. The molecule has 1 N–H and O–H groups in total. The third-order valence-corrected chi connectivity index (χ3v) is 3.69. The number of halogens is 2. The van der Waals surface area contributed by atoms with E-state index in [0.29, 0.717) is 28.1 Å². The monoisotopic (exact) mass is 309 g/mol. The molecule has 0 heterocycles. The van der Waals surface area contributed by atoms with Gasteiger partial charge in [-0.05, 0) is 25.1 Å². The lowest BCUT2D eigenvalue weighted by Gasteiger charge is -2.09. The molecule has 104 valence electrons.